The molecule has 2 saturated carbocycles. The maximum absolute atomic E-state index is 14.1. The molecule has 6 N–H and O–H groups in total. The van der Waals surface area contributed by atoms with E-state index in [4.69, 9.17) is 33.2 Å². The molecule has 23 nitrogen and oxygen atoms in total. The number of nitrogens with zero attached hydrogens (tertiary/aromatic N) is 5. The van der Waals surface area contributed by atoms with Gasteiger partial charge in [-0.05, 0) is 68.2 Å². The van der Waals surface area contributed by atoms with Gasteiger partial charge in [0, 0.05) is 48.2 Å². The molecule has 15 atom stereocenters. The monoisotopic (exact) mass is 1020 g/mol. The van der Waals surface area contributed by atoms with Gasteiger partial charge in [-0.15, -0.1) is 5.10 Å². The molecule has 23 heteroatoms. The summed E-state index contributed by atoms with van der Waals surface area (Å²) in [6.07, 6.45) is -9.81. The van der Waals surface area contributed by atoms with Crippen LogP contribution in [0.3, 0.4) is 0 Å². The lowest BCUT2D eigenvalue weighted by Gasteiger charge is -2.49. The molecule has 2 aromatic heterocycles. The topological polar surface area (TPSA) is 308 Å². The first-order valence-corrected chi connectivity index (χ1v) is 25.2. The van der Waals surface area contributed by atoms with E-state index in [-0.39, 0.29) is 48.9 Å². The predicted octanol–water partition coefficient (Wildman–Crippen LogP) is 2.97. The number of carbonyl (C=O) groups is 3. The largest absolute Gasteiger partial charge is 0.479 e. The molecule has 9 rings (SSSR count). The van der Waals surface area contributed by atoms with Crippen LogP contribution in [-0.4, -0.2) is 154 Å². The third-order valence-electron chi connectivity index (χ3n) is 14.8. The molecule has 2 aromatic carbocycles. The normalized spacial score (nSPS) is 32.3. The molecule has 4 aromatic rings. The number of carbonyl (C=O) groups excluding carboxylic acids is 2. The summed E-state index contributed by atoms with van der Waals surface area (Å²) in [5, 5.41) is 79.1. The van der Waals surface area contributed by atoms with E-state index in [1.165, 1.54) is 18.2 Å². The van der Waals surface area contributed by atoms with Crippen molar-refractivity contribution >= 4 is 34.4 Å². The minimum Gasteiger partial charge on any atom is -0.479 e. The third-order valence-corrected chi connectivity index (χ3v) is 14.8. The second-order valence-corrected chi connectivity index (χ2v) is 19.9. The Morgan fingerprint density at radius 1 is 0.863 bits per heavy atom. The van der Waals surface area contributed by atoms with E-state index in [9.17, 15) is 50.0 Å². The van der Waals surface area contributed by atoms with E-state index in [2.05, 4.69) is 15.6 Å². The average Bonchev–Trinajstić information content (AvgIpc) is 4.03. The number of esters is 1. The summed E-state index contributed by atoms with van der Waals surface area (Å²) >= 11 is 0. The minimum atomic E-state index is -1.79. The summed E-state index contributed by atoms with van der Waals surface area (Å²) in [6.45, 7) is 2.55. The third kappa shape index (κ3) is 12.2. The summed E-state index contributed by atoms with van der Waals surface area (Å²) in [5.41, 5.74) is 1.60. The van der Waals surface area contributed by atoms with Gasteiger partial charge in [-0.25, -0.2) is 9.59 Å². The first-order chi connectivity index (χ1) is 35.2. The SMILES string of the molecule is CC1CC(C(=O)NCc2cn(CCCCn3ccc4cc([N+](=O)[O-])ccc43)nn2)C[C@H]2O[C@@H]3OC(COC4O[C@@H](OC12)C(O)C(O)[C@@H]4O)[C@H](O)C(O[C@@H](CC1CCCCC1)C(=O)O)C3OC(=O)c1ccccc1. The van der Waals surface area contributed by atoms with Crippen LogP contribution in [0.4, 0.5) is 5.69 Å². The Bertz CT molecular complexity index is 2520. The van der Waals surface area contributed by atoms with Crippen LogP contribution in [0.25, 0.3) is 10.9 Å². The van der Waals surface area contributed by atoms with Crippen molar-refractivity contribution < 1.29 is 78.0 Å². The Kier molecular flexibility index (Phi) is 16.8. The number of hydrogen-bond acceptors (Lipinski definition) is 18. The first kappa shape index (κ1) is 52.4. The summed E-state index contributed by atoms with van der Waals surface area (Å²) in [6, 6.07) is 14.7. The van der Waals surface area contributed by atoms with Gasteiger partial charge in [0.05, 0.1) is 42.0 Å². The summed E-state index contributed by atoms with van der Waals surface area (Å²) in [7, 11) is 0. The van der Waals surface area contributed by atoms with Crippen molar-refractivity contribution in [3.63, 3.8) is 0 Å². The number of aliphatic hydroxyl groups is 4. The predicted molar refractivity (Wildman–Crippen MR) is 252 cm³/mol. The molecule has 73 heavy (non-hydrogen) atoms. The van der Waals surface area contributed by atoms with Crippen LogP contribution in [0.1, 0.15) is 87.2 Å². The Morgan fingerprint density at radius 3 is 2.38 bits per heavy atom. The number of nitrogens with one attached hydrogen (secondary N) is 1. The highest BCUT2D eigenvalue weighted by Crippen LogP contribution is 2.40. The van der Waals surface area contributed by atoms with E-state index >= 15 is 0 Å². The lowest BCUT2D eigenvalue weighted by atomic mass is 9.77. The Labute approximate surface area is 419 Å². The van der Waals surface area contributed by atoms with Gasteiger partial charge in [0.15, 0.2) is 31.1 Å². The van der Waals surface area contributed by atoms with Crippen LogP contribution in [0, 0.1) is 27.9 Å². The van der Waals surface area contributed by atoms with Gasteiger partial charge in [-0.1, -0.05) is 62.4 Å². The highest BCUT2D eigenvalue weighted by molar-refractivity contribution is 5.89. The Morgan fingerprint density at radius 2 is 1.62 bits per heavy atom. The van der Waals surface area contributed by atoms with Crippen LogP contribution in [-0.2, 0) is 62.4 Å². The van der Waals surface area contributed by atoms with E-state index in [1.54, 1.807) is 48.1 Å². The maximum Gasteiger partial charge on any atom is 0.338 e. The minimum absolute atomic E-state index is 0.0214. The van der Waals surface area contributed by atoms with E-state index < -0.39 is 115 Å². The van der Waals surface area contributed by atoms with Crippen LogP contribution >= 0.6 is 0 Å². The number of aliphatic carboxylic acids is 1. The maximum atomic E-state index is 14.1. The fourth-order valence-corrected chi connectivity index (χ4v) is 10.8. The average molecular weight is 1020 g/mol. The second kappa shape index (κ2) is 23.4. The molecule has 5 fully saturated rings. The number of benzene rings is 2. The molecule has 4 bridgehead atoms. The molecule has 0 spiro atoms. The number of nitro benzene ring substituents is 1. The number of amides is 1. The lowest BCUT2D eigenvalue weighted by Crippen LogP contribution is -2.66. The zero-order chi connectivity index (χ0) is 51.3. The van der Waals surface area contributed by atoms with Gasteiger partial charge in [-0.2, -0.15) is 0 Å². The molecule has 5 heterocycles. The molecular weight excluding hydrogens is 957 g/mol. The molecule has 3 aliphatic heterocycles. The van der Waals surface area contributed by atoms with E-state index in [0.717, 1.165) is 55.8 Å². The van der Waals surface area contributed by atoms with Gasteiger partial charge < -0.3 is 68.6 Å². The summed E-state index contributed by atoms with van der Waals surface area (Å²) < 4.78 is 47.5. The number of hydrogen-bond donors (Lipinski definition) is 6. The number of nitro groups is 1. The van der Waals surface area contributed by atoms with Gasteiger partial charge in [0.25, 0.3) is 5.69 Å². The zero-order valence-electron chi connectivity index (χ0n) is 40.4. The molecular formula is C50H64N6O17. The number of carboxylic acids is 1. The van der Waals surface area contributed by atoms with Gasteiger partial charge >= 0.3 is 11.9 Å². The quantitative estimate of drug-likeness (QED) is 0.0407. The number of aryl methyl sites for hydroxylation is 2. The number of aromatic nitrogens is 4. The van der Waals surface area contributed by atoms with Gasteiger partial charge in [-0.3, -0.25) is 19.6 Å². The highest BCUT2D eigenvalue weighted by atomic mass is 16.8. The van der Waals surface area contributed by atoms with Crippen molar-refractivity contribution in [1.82, 2.24) is 24.9 Å². The second-order valence-electron chi connectivity index (χ2n) is 19.9. The van der Waals surface area contributed by atoms with E-state index in [0.29, 0.717) is 18.8 Å². The standard InChI is InChI=1S/C50H64N6O17/c1-27-20-31(45(61)51-24-32-25-55(53-52-32)18-9-8-17-54-19-16-30-22-33(56(65)66)14-15-34(30)54)23-35-42(27)72-49-41(60)39(58)40(59)48(73-49)67-26-37-38(57)43(68-36(46(62)63)21-28-10-4-2-5-11-28)44(50(69-35)70-37)71-47(64)29-12-6-3-7-13-29/h3,6-7,12-16,19,22,25,27-28,31,35-44,48-50,57-60H,2,4-5,8-11,17-18,20-21,23-24,26H2,1H3,(H,51,61)(H,62,63)/t27?,31?,35-,36+,37?,38+,39?,40+,41?,42?,43?,44?,48?,49-,50-/m1/s1. The van der Waals surface area contributed by atoms with E-state index in [1.807, 2.05) is 16.8 Å². The van der Waals surface area contributed by atoms with Crippen molar-refractivity contribution in [3.05, 3.63) is 88.4 Å². The summed E-state index contributed by atoms with van der Waals surface area (Å²) in [5.74, 6) is -3.68. The van der Waals surface area contributed by atoms with Gasteiger partial charge in [0.2, 0.25) is 5.91 Å². The van der Waals surface area contributed by atoms with Crippen molar-refractivity contribution in [2.75, 3.05) is 6.61 Å². The number of fused-ring (bicyclic) bond motifs is 6. The Balaban J connectivity index is 0.920. The van der Waals surface area contributed by atoms with Crippen molar-refractivity contribution in [2.45, 2.75) is 171 Å². The molecule has 2 aliphatic carbocycles. The molecule has 5 aliphatic rings. The lowest BCUT2D eigenvalue weighted by molar-refractivity contribution is -0.391. The zero-order valence-corrected chi connectivity index (χ0v) is 40.4. The highest BCUT2D eigenvalue weighted by Gasteiger charge is 2.55. The number of unbranched alkanes of at least 4 members (excludes halogenated alkanes) is 1. The van der Waals surface area contributed by atoms with Crippen molar-refractivity contribution in [1.29, 1.82) is 0 Å². The van der Waals surface area contributed by atoms with Crippen molar-refractivity contribution in [3.8, 4) is 0 Å². The molecule has 9 unspecified atom stereocenters. The molecule has 396 valence electrons. The molecule has 1 amide bonds. The summed E-state index contributed by atoms with van der Waals surface area (Å²) in [4.78, 5) is 51.7. The Hall–Kier alpha value is -5.47. The molecule has 0 radical (unpaired) electrons. The van der Waals surface area contributed by atoms with Gasteiger partial charge in [0.1, 0.15) is 42.3 Å². The number of carboxylic acid groups (broad SMARTS) is 1. The number of rotatable bonds is 16. The molecule has 3 saturated heterocycles. The number of aliphatic hydroxyl groups excluding tert-OH is 4. The fraction of sp³-hybridized carbons (Fsp3) is 0.620. The fourth-order valence-electron chi connectivity index (χ4n) is 10.8. The van der Waals surface area contributed by atoms with Crippen LogP contribution in [0.2, 0.25) is 0 Å². The first-order valence-electron chi connectivity index (χ1n) is 25.2. The number of non-ortho nitro benzene ring substituents is 1. The smallest absolute Gasteiger partial charge is 0.338 e. The van der Waals surface area contributed by atoms with Crippen LogP contribution in [0.5, 0.6) is 0 Å². The van der Waals surface area contributed by atoms with Crippen molar-refractivity contribution in [2.24, 2.45) is 17.8 Å². The van der Waals surface area contributed by atoms with Crippen LogP contribution < -0.4 is 5.32 Å². The van der Waals surface area contributed by atoms with Crippen LogP contribution in [0.15, 0.2) is 67.0 Å². The number of ether oxygens (including phenoxy) is 7.